The second-order valence-electron chi connectivity index (χ2n) is 20.1. The van der Waals surface area contributed by atoms with Gasteiger partial charge in [0.25, 0.3) is 0 Å². The zero-order valence-electron chi connectivity index (χ0n) is 49.6. The van der Waals surface area contributed by atoms with Crippen LogP contribution < -0.4 is 0 Å². The molecule has 8 rings (SSSR count). The number of aryl methyl sites for hydroxylation is 1. The summed E-state index contributed by atoms with van der Waals surface area (Å²) in [7, 11) is 0. The van der Waals surface area contributed by atoms with Crippen LogP contribution in [0.3, 0.4) is 0 Å². The Morgan fingerprint density at radius 2 is 1.10 bits per heavy atom. The van der Waals surface area contributed by atoms with Crippen molar-refractivity contribution in [3.63, 3.8) is 0 Å². The van der Waals surface area contributed by atoms with E-state index in [-0.39, 0.29) is 42.4 Å². The van der Waals surface area contributed by atoms with Crippen LogP contribution in [0.2, 0.25) is 0 Å². The minimum Gasteiger partial charge on any atom is -0.500 e. The van der Waals surface area contributed by atoms with Gasteiger partial charge in [-0.3, -0.25) is 0 Å². The van der Waals surface area contributed by atoms with Crippen LogP contribution in [0.4, 0.5) is 0 Å². The molecule has 0 fully saturated rings. The molecular weight excluding hydrogens is 945 g/mol. The molecule has 0 aliphatic heterocycles. The van der Waals surface area contributed by atoms with Gasteiger partial charge in [-0.25, -0.2) is 0 Å². The maximum Gasteiger partial charge on any atom is 0.128 e. The van der Waals surface area contributed by atoms with E-state index in [0.29, 0.717) is 39.2 Å². The predicted molar refractivity (Wildman–Crippen MR) is 265 cm³/mol. The summed E-state index contributed by atoms with van der Waals surface area (Å²) in [4.78, 5) is 9.20. The molecule has 0 saturated carbocycles. The van der Waals surface area contributed by atoms with E-state index in [1.807, 2.05) is 102 Å². The van der Waals surface area contributed by atoms with Crippen molar-refractivity contribution in [3.8, 4) is 33.6 Å². The zero-order valence-corrected chi connectivity index (χ0v) is 41.0. The number of furan rings is 1. The summed E-state index contributed by atoms with van der Waals surface area (Å²) in [6.45, 7) is 19.3. The third kappa shape index (κ3) is 12.0. The molecule has 3 aromatic heterocycles. The SMILES string of the molecule is [2H]C([2H])([2H])c1c[c-]c(-c2cc(C([2H])([2H])C(C)(C)C)c(C([2H])([2H])C(C)(C)C)cn2)cc1-c1ccccc1.[2H]C([2H])(c1cnc(-c2[c-]ccc3c2oc2c4ccccc4ccc32)cc1C([2H])([2H])C(C)(C)C)C(C)(C)C.[Ir]. The van der Waals surface area contributed by atoms with E-state index in [1.165, 1.54) is 18.5 Å². The van der Waals surface area contributed by atoms with E-state index in [2.05, 4.69) is 40.3 Å². The molecule has 4 heteroatoms. The van der Waals surface area contributed by atoms with Crippen molar-refractivity contribution in [1.29, 1.82) is 0 Å². The molecule has 0 amide bonds. The van der Waals surface area contributed by atoms with Gasteiger partial charge in [-0.05, 0) is 91.7 Å². The molecule has 5 aromatic carbocycles. The summed E-state index contributed by atoms with van der Waals surface area (Å²) < 4.78 is 102. The van der Waals surface area contributed by atoms with Crippen LogP contribution in [0.5, 0.6) is 0 Å². The fraction of sp³-hybridized carbons (Fsp3) is 0.356. The van der Waals surface area contributed by atoms with E-state index < -0.39 is 54.0 Å². The molecule has 3 heterocycles. The van der Waals surface area contributed by atoms with Crippen molar-refractivity contribution in [3.05, 3.63) is 155 Å². The first-order valence-corrected chi connectivity index (χ1v) is 21.3. The minimum absolute atomic E-state index is 0. The molecule has 329 valence electrons. The number of nitrogens with zero attached hydrogens (tertiary/aromatic N) is 2. The Labute approximate surface area is 407 Å². The first-order valence-electron chi connectivity index (χ1n) is 26.8. The van der Waals surface area contributed by atoms with E-state index in [0.717, 1.165) is 32.7 Å². The number of rotatable bonds is 7. The molecule has 0 aliphatic rings. The summed E-state index contributed by atoms with van der Waals surface area (Å²) in [6.07, 6.45) is -4.43. The average molecular weight is 1020 g/mol. The number of pyridine rings is 2. The number of aromatic nitrogens is 2. The van der Waals surface area contributed by atoms with Gasteiger partial charge >= 0.3 is 0 Å². The molecule has 3 nitrogen and oxygen atoms in total. The fourth-order valence-electron chi connectivity index (χ4n) is 7.37. The van der Waals surface area contributed by atoms with Gasteiger partial charge < -0.3 is 14.4 Å². The van der Waals surface area contributed by atoms with Gasteiger partial charge in [-0.1, -0.05) is 185 Å². The summed E-state index contributed by atoms with van der Waals surface area (Å²) in [5.74, 6) is 0. The predicted octanol–water partition coefficient (Wildman–Crippen LogP) is 16.5. The van der Waals surface area contributed by atoms with Crippen LogP contribution in [0.25, 0.3) is 66.4 Å². The third-order valence-corrected chi connectivity index (χ3v) is 9.74. The summed E-state index contributed by atoms with van der Waals surface area (Å²) in [5.41, 5.74) is 2.77. The van der Waals surface area contributed by atoms with E-state index in [4.69, 9.17) is 19.5 Å². The monoisotopic (exact) mass is 1020 g/mol. The van der Waals surface area contributed by atoms with Crippen LogP contribution in [0, 0.1) is 40.6 Å². The van der Waals surface area contributed by atoms with Crippen molar-refractivity contribution in [2.24, 2.45) is 21.7 Å². The average Bonchev–Trinajstić information content (AvgIpc) is 3.69. The van der Waals surface area contributed by atoms with E-state index in [1.54, 1.807) is 59.7 Å². The van der Waals surface area contributed by atoms with Crippen LogP contribution >= 0.6 is 0 Å². The van der Waals surface area contributed by atoms with Gasteiger partial charge in [-0.15, -0.1) is 47.5 Å². The maximum atomic E-state index is 9.08. The topological polar surface area (TPSA) is 38.9 Å². The van der Waals surface area contributed by atoms with Gasteiger partial charge in [-0.2, -0.15) is 0 Å². The molecule has 1 radical (unpaired) electrons. The van der Waals surface area contributed by atoms with Crippen molar-refractivity contribution < 1.29 is 39.6 Å². The van der Waals surface area contributed by atoms with Crippen molar-refractivity contribution >= 4 is 32.7 Å². The number of hydrogen-bond donors (Lipinski definition) is 0. The van der Waals surface area contributed by atoms with Crippen LogP contribution in [-0.2, 0) is 45.6 Å². The van der Waals surface area contributed by atoms with Crippen LogP contribution in [0.1, 0.15) is 126 Å². The van der Waals surface area contributed by atoms with Gasteiger partial charge in [0.15, 0.2) is 0 Å². The Morgan fingerprint density at radius 3 is 1.70 bits per heavy atom. The molecular formula is C59H66IrN2O-2. The fourth-order valence-corrected chi connectivity index (χ4v) is 7.37. The Balaban J connectivity index is 0.000000238. The molecule has 63 heavy (non-hydrogen) atoms. The summed E-state index contributed by atoms with van der Waals surface area (Å²) in [6, 6.07) is 38.0. The normalized spacial score (nSPS) is 16.0. The second kappa shape index (κ2) is 18.7. The molecule has 0 spiro atoms. The van der Waals surface area contributed by atoms with Crippen molar-refractivity contribution in [2.75, 3.05) is 0 Å². The van der Waals surface area contributed by atoms with E-state index >= 15 is 0 Å². The first kappa shape index (κ1) is 34.5. The largest absolute Gasteiger partial charge is 0.500 e. The molecule has 0 aliphatic carbocycles. The number of benzene rings is 5. The van der Waals surface area contributed by atoms with Crippen LogP contribution in [0.15, 0.2) is 120 Å². The molecule has 0 atom stereocenters. The Morgan fingerprint density at radius 1 is 0.556 bits per heavy atom. The van der Waals surface area contributed by atoms with Crippen LogP contribution in [-0.4, -0.2) is 9.97 Å². The number of fused-ring (bicyclic) bond motifs is 5. The van der Waals surface area contributed by atoms with Gasteiger partial charge in [0.05, 0.1) is 5.58 Å². The first-order chi connectivity index (χ1) is 33.4. The van der Waals surface area contributed by atoms with Crippen molar-refractivity contribution in [1.82, 2.24) is 9.97 Å². The number of hydrogen-bond acceptors (Lipinski definition) is 3. The summed E-state index contributed by atoms with van der Waals surface area (Å²) in [5, 5.41) is 4.04. The minimum atomic E-state index is -2.34. The molecule has 0 bridgehead atoms. The quantitative estimate of drug-likeness (QED) is 0.149. The smallest absolute Gasteiger partial charge is 0.128 e. The molecule has 0 N–H and O–H groups in total. The van der Waals surface area contributed by atoms with Gasteiger partial charge in [0.2, 0.25) is 0 Å². The summed E-state index contributed by atoms with van der Waals surface area (Å²) >= 11 is 0. The zero-order chi connectivity index (χ0) is 54.3. The molecule has 0 unspecified atom stereocenters. The maximum absolute atomic E-state index is 9.08. The van der Waals surface area contributed by atoms with Crippen molar-refractivity contribution in [2.45, 2.75) is 115 Å². The van der Waals surface area contributed by atoms with Gasteiger partial charge in [0, 0.05) is 58.3 Å². The third-order valence-electron chi connectivity index (χ3n) is 9.74. The molecule has 0 saturated heterocycles. The Kier molecular flexibility index (Phi) is 10.2. The molecule has 8 aromatic rings. The Bertz CT molecular complexity index is 3330. The van der Waals surface area contributed by atoms with Gasteiger partial charge in [0.1, 0.15) is 5.58 Å². The van der Waals surface area contributed by atoms with E-state index in [9.17, 15) is 0 Å². The standard InChI is InChI=1S/C31H32NO.C28H34N.Ir/c1-30(2,3)17-21-16-27(32-19-22(21)18-31(4,5)6)26-13-9-12-24-25-15-14-20-10-7-8-11-23(20)28(25)33-29(24)26;1-20-13-14-22(15-25(20)21-11-9-8-10-12-21)26-16-23(17-27(2,3)4)24(19-29-26)18-28(5,6)7;/h7-12,14-16,19H,17-18H2,1-6H3;8-13,15-16,19H,17-18H2,1-7H3;/q2*-1;/i17D2,18D2;1D3,17D2,18D2;. The second-order valence-corrected chi connectivity index (χ2v) is 20.1. The Hall–Kier alpha value is -4.89.